The van der Waals surface area contributed by atoms with Crippen LogP contribution in [0.1, 0.15) is 36.5 Å². The Morgan fingerprint density at radius 3 is 2.59 bits per heavy atom. The van der Waals surface area contributed by atoms with Crippen LogP contribution < -0.4 is 21.8 Å². The van der Waals surface area contributed by atoms with Gasteiger partial charge in [-0.1, -0.05) is 19.4 Å². The number of nitrogens with zero attached hydrogens (tertiary/aromatic N) is 2. The molecule has 1 heterocycles. The number of H-pyrrole nitrogens is 1. The minimum Gasteiger partial charge on any atom is -0.505 e. The molecule has 1 aromatic carbocycles. The lowest BCUT2D eigenvalue weighted by atomic mass is 10.1. The molecule has 0 radical (unpaired) electrons. The van der Waals surface area contributed by atoms with E-state index in [0.29, 0.717) is 5.92 Å². The number of hydrogen-bond acceptors (Lipinski definition) is 6. The maximum absolute atomic E-state index is 12.7. The van der Waals surface area contributed by atoms with E-state index in [1.165, 1.54) is 18.0 Å². The van der Waals surface area contributed by atoms with Crippen LogP contribution in [0.3, 0.4) is 0 Å². The molecule has 1 aromatic heterocycles. The number of amides is 1. The summed E-state index contributed by atoms with van der Waals surface area (Å²) in [5.74, 6) is -0.282. The summed E-state index contributed by atoms with van der Waals surface area (Å²) >= 11 is 0. The number of carbonyl (C=O) groups excluding carboxylic acids is 1. The third-order valence-electron chi connectivity index (χ3n) is 5.39. The predicted octanol–water partition coefficient (Wildman–Crippen LogP) is 1.83. The highest BCUT2D eigenvalue weighted by atomic mass is 16.3. The molecule has 1 saturated carbocycles. The number of rotatable bonds is 5. The van der Waals surface area contributed by atoms with Gasteiger partial charge in [0.1, 0.15) is 11.4 Å². The topological polar surface area (TPSA) is 119 Å². The third kappa shape index (κ3) is 3.98. The molecule has 156 valence electrons. The Labute approximate surface area is 168 Å². The number of phenolic OH excluding ortho intramolecular Hbond substituents is 1. The van der Waals surface area contributed by atoms with Gasteiger partial charge in [0.15, 0.2) is 5.75 Å². The van der Waals surface area contributed by atoms with Crippen molar-refractivity contribution in [2.24, 2.45) is 13.0 Å². The van der Waals surface area contributed by atoms with Gasteiger partial charge in [0.2, 0.25) is 0 Å². The highest BCUT2D eigenvalue weighted by Gasteiger charge is 2.26. The summed E-state index contributed by atoms with van der Waals surface area (Å²) in [6.07, 6.45) is 3.02. The Bertz CT molecular complexity index is 1040. The molecule has 9 nitrogen and oxygen atoms in total. The second kappa shape index (κ2) is 8.02. The Hall–Kier alpha value is -3.23. The predicted molar refractivity (Wildman–Crippen MR) is 112 cm³/mol. The SMILES string of the molecule is C[C@H]1CCC[C@@H]1Nc1c(Nc2cccc(C(=O)N(C)C)c2O)c(=O)[nH]n(C)c1=O. The van der Waals surface area contributed by atoms with Crippen molar-refractivity contribution in [1.29, 1.82) is 0 Å². The minimum absolute atomic E-state index is 0.0111. The summed E-state index contributed by atoms with van der Waals surface area (Å²) in [6, 6.07) is 4.72. The molecule has 1 fully saturated rings. The molecular formula is C20H27N5O4. The van der Waals surface area contributed by atoms with E-state index in [4.69, 9.17) is 0 Å². The average molecular weight is 401 g/mol. The monoisotopic (exact) mass is 401 g/mol. The van der Waals surface area contributed by atoms with Crippen molar-refractivity contribution in [2.45, 2.75) is 32.2 Å². The van der Waals surface area contributed by atoms with Gasteiger partial charge in [-0.05, 0) is 30.9 Å². The van der Waals surface area contributed by atoms with Crippen molar-refractivity contribution >= 4 is 23.0 Å². The van der Waals surface area contributed by atoms with Crippen molar-refractivity contribution < 1.29 is 9.90 Å². The van der Waals surface area contributed by atoms with Crippen molar-refractivity contribution in [3.05, 3.63) is 44.5 Å². The summed E-state index contributed by atoms with van der Waals surface area (Å²) in [4.78, 5) is 39.0. The normalized spacial score (nSPS) is 18.5. The summed E-state index contributed by atoms with van der Waals surface area (Å²) < 4.78 is 1.13. The Morgan fingerprint density at radius 1 is 1.24 bits per heavy atom. The van der Waals surface area contributed by atoms with Crippen LogP contribution in [0.5, 0.6) is 5.75 Å². The molecule has 0 bridgehead atoms. The van der Waals surface area contributed by atoms with Gasteiger partial charge in [-0.2, -0.15) is 0 Å². The van der Waals surface area contributed by atoms with Crippen LogP contribution in [0.2, 0.25) is 0 Å². The summed E-state index contributed by atoms with van der Waals surface area (Å²) in [6.45, 7) is 2.11. The van der Waals surface area contributed by atoms with Crippen LogP contribution in [0.25, 0.3) is 0 Å². The summed E-state index contributed by atoms with van der Waals surface area (Å²) in [5, 5.41) is 19.1. The number of para-hydroxylation sites is 1. The molecular weight excluding hydrogens is 374 g/mol. The minimum atomic E-state index is -0.510. The van der Waals surface area contributed by atoms with Crippen molar-refractivity contribution in [3.63, 3.8) is 0 Å². The molecule has 1 aliphatic rings. The number of aromatic hydroxyl groups is 1. The van der Waals surface area contributed by atoms with Gasteiger partial charge in [-0.3, -0.25) is 24.2 Å². The van der Waals surface area contributed by atoms with Gasteiger partial charge < -0.3 is 20.6 Å². The Morgan fingerprint density at radius 2 is 1.97 bits per heavy atom. The molecule has 3 rings (SSSR count). The van der Waals surface area contributed by atoms with Crippen LogP contribution in [0.4, 0.5) is 17.1 Å². The van der Waals surface area contributed by atoms with Crippen molar-refractivity contribution in [1.82, 2.24) is 14.7 Å². The fraction of sp³-hybridized carbons (Fsp3) is 0.450. The lowest BCUT2D eigenvalue weighted by Crippen LogP contribution is -2.35. The molecule has 1 amide bonds. The molecule has 0 aliphatic heterocycles. The number of aromatic amines is 1. The van der Waals surface area contributed by atoms with Gasteiger partial charge in [0.25, 0.3) is 17.0 Å². The number of hydrogen-bond donors (Lipinski definition) is 4. The molecule has 2 atom stereocenters. The first kappa shape index (κ1) is 20.5. The fourth-order valence-corrected chi connectivity index (χ4v) is 3.64. The van der Waals surface area contributed by atoms with Crippen molar-refractivity contribution in [2.75, 3.05) is 24.7 Å². The molecule has 1 aliphatic carbocycles. The van der Waals surface area contributed by atoms with Crippen molar-refractivity contribution in [3.8, 4) is 5.75 Å². The maximum atomic E-state index is 12.7. The smallest absolute Gasteiger partial charge is 0.290 e. The number of aromatic nitrogens is 2. The summed E-state index contributed by atoms with van der Waals surface area (Å²) in [5.41, 5.74) is -0.468. The van der Waals surface area contributed by atoms with Crippen LogP contribution >= 0.6 is 0 Å². The van der Waals surface area contributed by atoms with E-state index in [1.54, 1.807) is 26.2 Å². The number of aryl methyl sites for hydroxylation is 1. The fourth-order valence-electron chi connectivity index (χ4n) is 3.64. The number of phenols is 1. The van der Waals surface area contributed by atoms with Crippen LogP contribution in [0, 0.1) is 5.92 Å². The molecule has 9 heteroatoms. The van der Waals surface area contributed by atoms with E-state index >= 15 is 0 Å². The second-order valence-electron chi connectivity index (χ2n) is 7.74. The highest BCUT2D eigenvalue weighted by Crippen LogP contribution is 2.33. The first-order chi connectivity index (χ1) is 13.7. The average Bonchev–Trinajstić information content (AvgIpc) is 3.07. The van der Waals surface area contributed by atoms with Crippen LogP contribution in [-0.4, -0.2) is 45.8 Å². The molecule has 4 N–H and O–H groups in total. The molecule has 0 saturated heterocycles. The van der Waals surface area contributed by atoms with E-state index in [9.17, 15) is 19.5 Å². The second-order valence-corrected chi connectivity index (χ2v) is 7.74. The van der Waals surface area contributed by atoms with E-state index in [2.05, 4.69) is 22.7 Å². The largest absolute Gasteiger partial charge is 0.505 e. The van der Waals surface area contributed by atoms with Gasteiger partial charge in [-0.15, -0.1) is 0 Å². The first-order valence-corrected chi connectivity index (χ1v) is 9.61. The highest BCUT2D eigenvalue weighted by molar-refractivity contribution is 5.98. The van der Waals surface area contributed by atoms with E-state index < -0.39 is 5.56 Å². The standard InChI is InChI=1S/C20H27N5O4/c1-11-7-5-9-13(11)21-16-15(18(27)23-25(4)20(16)29)22-14-10-6-8-12(17(14)26)19(28)24(2)3/h6,8,10-11,13,21-22,26H,5,7,9H2,1-4H3,(H,23,27)/t11-,13-/m0/s1. The van der Waals surface area contributed by atoms with E-state index in [1.807, 2.05) is 0 Å². The zero-order valence-corrected chi connectivity index (χ0v) is 17.1. The third-order valence-corrected chi connectivity index (χ3v) is 5.39. The molecule has 0 unspecified atom stereocenters. The van der Waals surface area contributed by atoms with Crippen LogP contribution in [0.15, 0.2) is 27.8 Å². The molecule has 29 heavy (non-hydrogen) atoms. The van der Waals surface area contributed by atoms with E-state index in [0.717, 1.165) is 23.9 Å². The number of anilines is 3. The quantitative estimate of drug-likeness (QED) is 0.568. The Kier molecular flexibility index (Phi) is 5.67. The van der Waals surface area contributed by atoms with Crippen LogP contribution in [-0.2, 0) is 7.05 Å². The maximum Gasteiger partial charge on any atom is 0.290 e. The number of carbonyl (C=O) groups is 1. The lowest BCUT2D eigenvalue weighted by molar-refractivity contribution is 0.0824. The summed E-state index contributed by atoms with van der Waals surface area (Å²) in [7, 11) is 4.64. The lowest BCUT2D eigenvalue weighted by Gasteiger charge is -2.21. The van der Waals surface area contributed by atoms with Gasteiger partial charge in [0.05, 0.1) is 11.3 Å². The van der Waals surface area contributed by atoms with Gasteiger partial charge in [0, 0.05) is 27.2 Å². The number of nitrogens with one attached hydrogen (secondary N) is 3. The van der Waals surface area contributed by atoms with Gasteiger partial charge in [-0.25, -0.2) is 0 Å². The zero-order chi connectivity index (χ0) is 21.3. The Balaban J connectivity index is 2.05. The number of benzene rings is 1. The first-order valence-electron chi connectivity index (χ1n) is 9.61. The zero-order valence-electron chi connectivity index (χ0n) is 17.1. The molecule has 2 aromatic rings. The molecule has 0 spiro atoms. The van der Waals surface area contributed by atoms with E-state index in [-0.39, 0.29) is 45.9 Å². The van der Waals surface area contributed by atoms with Gasteiger partial charge >= 0.3 is 0 Å².